The minimum atomic E-state index is -3.61. The number of Topliss-reactive ketones (excluding diaryl/α,β-unsaturated/α-hetero) is 1. The van der Waals surface area contributed by atoms with Gasteiger partial charge in [0.1, 0.15) is 5.78 Å². The van der Waals surface area contributed by atoms with Gasteiger partial charge in [-0.3, -0.25) is 4.79 Å². The van der Waals surface area contributed by atoms with Gasteiger partial charge in [0, 0.05) is 19.0 Å². The summed E-state index contributed by atoms with van der Waals surface area (Å²) in [5, 5.41) is 0. The number of fused-ring (bicyclic) bond motifs is 2. The lowest BCUT2D eigenvalue weighted by molar-refractivity contribution is -0.143. The van der Waals surface area contributed by atoms with Crippen molar-refractivity contribution in [1.82, 2.24) is 4.31 Å². The predicted molar refractivity (Wildman–Crippen MR) is 106 cm³/mol. The maximum atomic E-state index is 13.1. The number of ketones is 1. The van der Waals surface area contributed by atoms with Crippen molar-refractivity contribution in [1.29, 1.82) is 0 Å². The SMILES string of the molecule is Cc1ccc(S(=O)(=O)N2CC3CCC(OCc4ccccc4)C(C2)C3=O)cc1. The van der Waals surface area contributed by atoms with Gasteiger partial charge in [0.2, 0.25) is 10.0 Å². The first-order valence-electron chi connectivity index (χ1n) is 9.71. The molecule has 1 aliphatic carbocycles. The minimum Gasteiger partial charge on any atom is -0.373 e. The number of piperidine rings is 1. The zero-order valence-corrected chi connectivity index (χ0v) is 16.8. The molecule has 2 bridgehead atoms. The van der Waals surface area contributed by atoms with E-state index in [1.54, 1.807) is 24.3 Å². The van der Waals surface area contributed by atoms with E-state index in [4.69, 9.17) is 4.74 Å². The van der Waals surface area contributed by atoms with E-state index in [1.807, 2.05) is 37.3 Å². The zero-order chi connectivity index (χ0) is 19.7. The standard InChI is InChI=1S/C22H25NO4S/c1-16-7-10-19(11-8-16)28(25,26)23-13-18-9-12-21(20(14-23)22(18)24)27-15-17-5-3-2-4-6-17/h2-8,10-11,18,20-21H,9,12-15H2,1H3. The Balaban J connectivity index is 1.51. The second-order valence-electron chi connectivity index (χ2n) is 7.75. The summed E-state index contributed by atoms with van der Waals surface area (Å²) in [7, 11) is -3.61. The lowest BCUT2D eigenvalue weighted by Crippen LogP contribution is -2.55. The molecule has 2 aromatic carbocycles. The quantitative estimate of drug-likeness (QED) is 0.775. The van der Waals surface area contributed by atoms with Gasteiger partial charge in [-0.2, -0.15) is 4.31 Å². The van der Waals surface area contributed by atoms with E-state index in [0.29, 0.717) is 13.0 Å². The van der Waals surface area contributed by atoms with Crippen molar-refractivity contribution in [3.63, 3.8) is 0 Å². The van der Waals surface area contributed by atoms with Crippen molar-refractivity contribution in [2.24, 2.45) is 11.8 Å². The highest BCUT2D eigenvalue weighted by atomic mass is 32.2. The van der Waals surface area contributed by atoms with Gasteiger partial charge < -0.3 is 4.74 Å². The van der Waals surface area contributed by atoms with Gasteiger partial charge in [0.15, 0.2) is 0 Å². The van der Waals surface area contributed by atoms with Crippen LogP contribution in [0.1, 0.15) is 24.0 Å². The van der Waals surface area contributed by atoms with Crippen LogP contribution in [0.2, 0.25) is 0 Å². The Labute approximate surface area is 166 Å². The molecule has 0 spiro atoms. The van der Waals surface area contributed by atoms with Gasteiger partial charge in [-0.05, 0) is 37.5 Å². The van der Waals surface area contributed by atoms with Crippen LogP contribution in [0.25, 0.3) is 0 Å². The molecule has 0 radical (unpaired) electrons. The maximum Gasteiger partial charge on any atom is 0.243 e. The Morgan fingerprint density at radius 1 is 1.00 bits per heavy atom. The molecule has 1 saturated carbocycles. The summed E-state index contributed by atoms with van der Waals surface area (Å²) in [5.74, 6) is -0.466. The van der Waals surface area contributed by atoms with E-state index in [2.05, 4.69) is 0 Å². The summed E-state index contributed by atoms with van der Waals surface area (Å²) < 4.78 is 33.7. The lowest BCUT2D eigenvalue weighted by Gasteiger charge is -2.43. The van der Waals surface area contributed by atoms with E-state index in [9.17, 15) is 13.2 Å². The average Bonchev–Trinajstić information content (AvgIpc) is 2.68. The van der Waals surface area contributed by atoms with Crippen LogP contribution in [-0.4, -0.2) is 37.7 Å². The van der Waals surface area contributed by atoms with Crippen LogP contribution in [0.5, 0.6) is 0 Å². The molecule has 28 heavy (non-hydrogen) atoms. The number of nitrogens with zero attached hydrogens (tertiary/aromatic N) is 1. The summed E-state index contributed by atoms with van der Waals surface area (Å²) in [5.41, 5.74) is 2.07. The number of aryl methyl sites for hydroxylation is 1. The first-order valence-corrected chi connectivity index (χ1v) is 11.2. The van der Waals surface area contributed by atoms with Gasteiger partial charge >= 0.3 is 0 Å². The molecule has 0 amide bonds. The van der Waals surface area contributed by atoms with Crippen LogP contribution in [0, 0.1) is 18.8 Å². The number of carbonyl (C=O) groups is 1. The molecule has 148 valence electrons. The van der Waals surface area contributed by atoms with Crippen molar-refractivity contribution >= 4 is 15.8 Å². The van der Waals surface area contributed by atoms with Crippen LogP contribution < -0.4 is 0 Å². The third-order valence-electron chi connectivity index (χ3n) is 5.81. The molecule has 4 rings (SSSR count). The number of benzene rings is 2. The molecule has 2 aromatic rings. The topological polar surface area (TPSA) is 63.7 Å². The molecule has 1 heterocycles. The summed E-state index contributed by atoms with van der Waals surface area (Å²) in [6, 6.07) is 16.7. The Hall–Kier alpha value is -2.02. The third kappa shape index (κ3) is 3.77. The smallest absolute Gasteiger partial charge is 0.243 e. The average molecular weight is 400 g/mol. The fourth-order valence-corrected chi connectivity index (χ4v) is 5.67. The van der Waals surface area contributed by atoms with Crippen molar-refractivity contribution in [3.8, 4) is 0 Å². The van der Waals surface area contributed by atoms with Crippen LogP contribution in [0.3, 0.4) is 0 Å². The molecule has 2 aliphatic rings. The van der Waals surface area contributed by atoms with Crippen LogP contribution >= 0.6 is 0 Å². The normalized spacial score (nSPS) is 25.6. The molecule has 3 unspecified atom stereocenters. The Kier molecular flexibility index (Phi) is 5.36. The fraction of sp³-hybridized carbons (Fsp3) is 0.409. The van der Waals surface area contributed by atoms with Gasteiger partial charge in [-0.25, -0.2) is 8.42 Å². The van der Waals surface area contributed by atoms with Gasteiger partial charge in [-0.15, -0.1) is 0 Å². The number of sulfonamides is 1. The van der Waals surface area contributed by atoms with Gasteiger partial charge in [0.05, 0.1) is 23.5 Å². The summed E-state index contributed by atoms with van der Waals surface area (Å²) >= 11 is 0. The van der Waals surface area contributed by atoms with Crippen LogP contribution in [0.15, 0.2) is 59.5 Å². The number of hydrogen-bond donors (Lipinski definition) is 0. The summed E-state index contributed by atoms with van der Waals surface area (Å²) in [6.45, 7) is 2.83. The largest absolute Gasteiger partial charge is 0.373 e. The van der Waals surface area contributed by atoms with Crippen molar-refractivity contribution in [3.05, 3.63) is 65.7 Å². The van der Waals surface area contributed by atoms with Crippen LogP contribution in [-0.2, 0) is 26.2 Å². The molecule has 1 aliphatic heterocycles. The molecule has 5 nitrogen and oxygen atoms in total. The number of hydrogen-bond acceptors (Lipinski definition) is 4. The monoisotopic (exact) mass is 399 g/mol. The fourth-order valence-electron chi connectivity index (χ4n) is 4.16. The van der Waals surface area contributed by atoms with E-state index in [0.717, 1.165) is 17.5 Å². The van der Waals surface area contributed by atoms with Gasteiger partial charge in [-0.1, -0.05) is 48.0 Å². The first-order chi connectivity index (χ1) is 13.4. The third-order valence-corrected chi connectivity index (χ3v) is 7.65. The molecular weight excluding hydrogens is 374 g/mol. The lowest BCUT2D eigenvalue weighted by atomic mass is 9.75. The highest BCUT2D eigenvalue weighted by Crippen LogP contribution is 2.36. The highest BCUT2D eigenvalue weighted by molar-refractivity contribution is 7.89. The zero-order valence-electron chi connectivity index (χ0n) is 16.0. The second-order valence-corrected chi connectivity index (χ2v) is 9.69. The minimum absolute atomic E-state index is 0.152. The highest BCUT2D eigenvalue weighted by Gasteiger charge is 2.47. The maximum absolute atomic E-state index is 13.1. The Bertz CT molecular complexity index is 940. The predicted octanol–water partition coefficient (Wildman–Crippen LogP) is 3.18. The Morgan fingerprint density at radius 2 is 1.71 bits per heavy atom. The molecule has 1 saturated heterocycles. The molecule has 6 heteroatoms. The molecule has 0 N–H and O–H groups in total. The van der Waals surface area contributed by atoms with E-state index in [1.165, 1.54) is 4.31 Å². The van der Waals surface area contributed by atoms with Gasteiger partial charge in [0.25, 0.3) is 0 Å². The molecule has 2 fully saturated rings. The number of rotatable bonds is 5. The van der Waals surface area contributed by atoms with Crippen LogP contribution in [0.4, 0.5) is 0 Å². The summed E-state index contributed by atoms with van der Waals surface area (Å²) in [4.78, 5) is 13.1. The Morgan fingerprint density at radius 3 is 2.43 bits per heavy atom. The summed E-state index contributed by atoms with van der Waals surface area (Å²) in [6.07, 6.45) is 1.24. The molecule has 0 aromatic heterocycles. The van der Waals surface area contributed by atoms with E-state index < -0.39 is 15.9 Å². The number of ether oxygens (including phenoxy) is 1. The first kappa shape index (κ1) is 19.3. The van der Waals surface area contributed by atoms with Crippen molar-refractivity contribution < 1.29 is 17.9 Å². The number of carbonyl (C=O) groups excluding carboxylic acids is 1. The van der Waals surface area contributed by atoms with E-state index >= 15 is 0 Å². The second kappa shape index (κ2) is 7.78. The van der Waals surface area contributed by atoms with Crippen molar-refractivity contribution in [2.75, 3.05) is 13.1 Å². The van der Waals surface area contributed by atoms with Crippen molar-refractivity contribution in [2.45, 2.75) is 37.4 Å². The molecule has 3 atom stereocenters. The molecular formula is C22H25NO4S. The van der Waals surface area contributed by atoms with E-state index in [-0.39, 0.29) is 35.8 Å².